The van der Waals surface area contributed by atoms with E-state index in [2.05, 4.69) is 109 Å². The molecule has 12 unspecified atom stereocenters. The minimum atomic E-state index is 0. The first kappa shape index (κ1) is 35.5. The third-order valence-electron chi connectivity index (χ3n) is 11.4. The molecule has 8 rings (SSSR count). The molecule has 0 amide bonds. The number of hydrogen-bond donors (Lipinski definition) is 0. The summed E-state index contributed by atoms with van der Waals surface area (Å²) in [6.45, 7) is 9.87. The predicted molar refractivity (Wildman–Crippen MR) is 164 cm³/mol. The Labute approximate surface area is 285 Å². The van der Waals surface area contributed by atoms with Gasteiger partial charge in [0.25, 0.3) is 0 Å². The summed E-state index contributed by atoms with van der Waals surface area (Å²) in [5.74, 6) is 10.3. The molecule has 4 aliphatic carbocycles. The summed E-state index contributed by atoms with van der Waals surface area (Å²) in [4.78, 5) is 0. The van der Waals surface area contributed by atoms with Gasteiger partial charge < -0.3 is 44.6 Å². The summed E-state index contributed by atoms with van der Waals surface area (Å²) in [7, 11) is 5.45. The molecule has 0 aromatic heterocycles. The number of hydrogen-bond acceptors (Lipinski definition) is 0. The Kier molecular flexibility index (Phi) is 13.7. The van der Waals surface area contributed by atoms with E-state index >= 15 is 0 Å². The van der Waals surface area contributed by atoms with E-state index in [0.717, 1.165) is 70.6 Å². The molecular formula is C36H47B2Cl2Zr-3. The van der Waals surface area contributed by atoms with Gasteiger partial charge in [0.15, 0.2) is 0 Å². The average molecular weight is 664 g/mol. The van der Waals surface area contributed by atoms with Crippen LogP contribution < -0.4 is 24.8 Å². The molecule has 2 aromatic rings. The quantitative estimate of drug-likeness (QED) is 0.341. The maximum Gasteiger partial charge on any atom is 2.00 e. The molecule has 2 heterocycles. The Morgan fingerprint density at radius 2 is 0.976 bits per heavy atom. The largest absolute Gasteiger partial charge is 2.00 e. The Bertz CT molecular complexity index is 955. The van der Waals surface area contributed by atoms with E-state index in [0.29, 0.717) is 0 Å². The fourth-order valence-corrected chi connectivity index (χ4v) is 10.2. The van der Waals surface area contributed by atoms with Crippen LogP contribution in [0.1, 0.15) is 82.3 Å². The molecule has 2 aliphatic heterocycles. The van der Waals surface area contributed by atoms with Crippen molar-refractivity contribution in [2.45, 2.75) is 94.4 Å². The zero-order valence-corrected chi connectivity index (χ0v) is 29.2. The molecule has 41 heavy (non-hydrogen) atoms. The van der Waals surface area contributed by atoms with Gasteiger partial charge in [-0.25, -0.2) is 0 Å². The summed E-state index contributed by atoms with van der Waals surface area (Å²) >= 11 is 0. The van der Waals surface area contributed by atoms with Crippen molar-refractivity contribution in [3.8, 4) is 0 Å². The molecule has 2 aromatic carbocycles. The average Bonchev–Trinajstić information content (AvgIpc) is 3.63. The maximum absolute atomic E-state index is 3.25. The standard InChI is InChI=1S/2C17H21B.C2H5.2ClH.Zr/c2*1-11-10-13-8-5-9-14-15(16(13)17(11)18-14)12-6-3-2-4-7-12;1-2;;;/h2*2-4,6-7,10-11,13-17H,5,8-9H2,1H3;1H2,2H3;2*1H;/q3*-1;;;+2/p-2. The van der Waals surface area contributed by atoms with Gasteiger partial charge in [0, 0.05) is 0 Å². The van der Waals surface area contributed by atoms with Crippen LogP contribution in [0.4, 0.5) is 0 Å². The van der Waals surface area contributed by atoms with E-state index in [-0.39, 0.29) is 51.0 Å². The summed E-state index contributed by atoms with van der Waals surface area (Å²) in [5, 5.41) is 0. The zero-order valence-electron chi connectivity index (χ0n) is 25.2. The third kappa shape index (κ3) is 6.84. The van der Waals surface area contributed by atoms with Gasteiger partial charge in [-0.05, 0) is 23.0 Å². The van der Waals surface area contributed by atoms with Gasteiger partial charge in [-0.3, -0.25) is 0 Å². The molecule has 4 bridgehead atoms. The first-order valence-electron chi connectivity index (χ1n) is 15.9. The molecule has 6 fully saturated rings. The molecule has 0 spiro atoms. The van der Waals surface area contributed by atoms with Gasteiger partial charge in [0.2, 0.25) is 0 Å². The van der Waals surface area contributed by atoms with Crippen molar-refractivity contribution >= 4 is 14.6 Å². The van der Waals surface area contributed by atoms with Crippen LogP contribution in [0.5, 0.6) is 0 Å². The summed E-state index contributed by atoms with van der Waals surface area (Å²) in [6.07, 6.45) is 13.9. The SMILES string of the molecule is CC1[CH-]C2CCCC3[B]C1C2C3c1ccccc1.CC1[CH-]C2CCCC3[B]C1C2C3c1ccccc1.[CH2-]C.[Cl-].[Cl-].[Zr+2]. The van der Waals surface area contributed by atoms with E-state index in [1.165, 1.54) is 38.5 Å². The van der Waals surface area contributed by atoms with Crippen LogP contribution in [-0.4, -0.2) is 14.6 Å². The predicted octanol–water partition coefficient (Wildman–Crippen LogP) is 3.52. The Hall–Kier alpha value is 0.0330. The normalized spacial score (nSPS) is 40.2. The summed E-state index contributed by atoms with van der Waals surface area (Å²) in [6, 6.07) is 22.6. The van der Waals surface area contributed by atoms with Crippen LogP contribution in [0, 0.1) is 55.3 Å². The van der Waals surface area contributed by atoms with E-state index < -0.39 is 0 Å². The second kappa shape index (κ2) is 15.9. The Morgan fingerprint density at radius 1 is 0.610 bits per heavy atom. The summed E-state index contributed by atoms with van der Waals surface area (Å²) < 4.78 is 0. The van der Waals surface area contributed by atoms with Crippen LogP contribution in [0.25, 0.3) is 0 Å². The smallest absolute Gasteiger partial charge is 1.00 e. The van der Waals surface area contributed by atoms with Crippen molar-refractivity contribution in [2.75, 3.05) is 0 Å². The van der Waals surface area contributed by atoms with Crippen molar-refractivity contribution in [3.05, 3.63) is 91.6 Å². The van der Waals surface area contributed by atoms with Crippen LogP contribution in [-0.2, 0) is 26.2 Å². The maximum atomic E-state index is 3.25. The minimum absolute atomic E-state index is 0. The van der Waals surface area contributed by atoms with Crippen LogP contribution in [0.3, 0.4) is 0 Å². The van der Waals surface area contributed by atoms with E-state index in [4.69, 9.17) is 0 Å². The van der Waals surface area contributed by atoms with Crippen LogP contribution >= 0.6 is 0 Å². The van der Waals surface area contributed by atoms with E-state index in [1.807, 2.05) is 0 Å². The third-order valence-corrected chi connectivity index (χ3v) is 11.4. The van der Waals surface area contributed by atoms with Crippen molar-refractivity contribution < 1.29 is 51.0 Å². The molecule has 4 saturated carbocycles. The molecule has 0 nitrogen and oxygen atoms in total. The van der Waals surface area contributed by atoms with Gasteiger partial charge in [-0.15, -0.1) is 0 Å². The first-order chi connectivity index (χ1) is 18.7. The summed E-state index contributed by atoms with van der Waals surface area (Å²) in [5.41, 5.74) is 3.20. The fraction of sp³-hybridized carbons (Fsp3) is 0.583. The van der Waals surface area contributed by atoms with Crippen molar-refractivity contribution in [1.29, 1.82) is 0 Å². The Balaban J connectivity index is 0.000000199. The van der Waals surface area contributed by atoms with Gasteiger partial charge in [0.05, 0.1) is 0 Å². The topological polar surface area (TPSA) is 0 Å². The van der Waals surface area contributed by atoms with E-state index in [1.54, 1.807) is 18.1 Å². The number of halogens is 2. The molecular weight excluding hydrogens is 616 g/mol. The van der Waals surface area contributed by atoms with Crippen molar-refractivity contribution in [3.63, 3.8) is 0 Å². The first-order valence-corrected chi connectivity index (χ1v) is 15.9. The minimum Gasteiger partial charge on any atom is -1.00 e. The molecule has 0 N–H and O–H groups in total. The molecule has 2 saturated heterocycles. The van der Waals surface area contributed by atoms with Gasteiger partial charge in [-0.1, -0.05) is 148 Å². The fourth-order valence-electron chi connectivity index (χ4n) is 10.2. The van der Waals surface area contributed by atoms with Crippen LogP contribution in [0.2, 0.25) is 23.3 Å². The zero-order chi connectivity index (χ0) is 26.2. The molecule has 218 valence electrons. The Morgan fingerprint density at radius 3 is 1.34 bits per heavy atom. The van der Waals surface area contributed by atoms with Crippen LogP contribution in [0.15, 0.2) is 60.7 Å². The van der Waals surface area contributed by atoms with Gasteiger partial charge in [-0.2, -0.15) is 30.6 Å². The van der Waals surface area contributed by atoms with Crippen molar-refractivity contribution in [1.82, 2.24) is 0 Å². The number of fused-ring (bicyclic) bond motifs is 2. The molecule has 12 atom stereocenters. The van der Waals surface area contributed by atoms with Gasteiger partial charge in [0.1, 0.15) is 14.6 Å². The molecule has 6 aliphatic rings. The number of benzene rings is 2. The molecule has 2 radical (unpaired) electrons. The molecule has 5 heteroatoms. The second-order valence-corrected chi connectivity index (χ2v) is 13.2. The second-order valence-electron chi connectivity index (χ2n) is 13.2. The van der Waals surface area contributed by atoms with Crippen molar-refractivity contribution in [2.24, 2.45) is 35.5 Å². The monoisotopic (exact) mass is 661 g/mol. The van der Waals surface area contributed by atoms with Gasteiger partial charge >= 0.3 is 26.2 Å². The number of rotatable bonds is 2. The van der Waals surface area contributed by atoms with E-state index in [9.17, 15) is 0 Å².